The van der Waals surface area contributed by atoms with Crippen LogP contribution in [0.5, 0.6) is 0 Å². The summed E-state index contributed by atoms with van der Waals surface area (Å²) in [7, 11) is 1.49. The van der Waals surface area contributed by atoms with Gasteiger partial charge in [-0.15, -0.1) is 0 Å². The van der Waals surface area contributed by atoms with Gasteiger partial charge < -0.3 is 35.6 Å². The molecule has 3 aromatic rings. The van der Waals surface area contributed by atoms with Crippen LogP contribution >= 0.6 is 11.3 Å². The van der Waals surface area contributed by atoms with Gasteiger partial charge in [-0.25, -0.2) is 15.0 Å². The summed E-state index contributed by atoms with van der Waals surface area (Å²) in [4.78, 5) is 114. The highest BCUT2D eigenvalue weighted by atomic mass is 32.1. The molecule has 4 aliphatic heterocycles. The predicted molar refractivity (Wildman–Crippen MR) is 279 cm³/mol. The number of hydrogen-bond acceptors (Lipinski definition) is 15. The van der Waals surface area contributed by atoms with Gasteiger partial charge in [-0.2, -0.15) is 13.2 Å². The van der Waals surface area contributed by atoms with Gasteiger partial charge in [0.25, 0.3) is 17.7 Å². The molecule has 0 bridgehead atoms. The number of carbonyl (C=O) groups excluding carboxylic acids is 7. The van der Waals surface area contributed by atoms with E-state index in [-0.39, 0.29) is 46.9 Å². The monoisotopic (exact) mass is 1050 g/mol. The first-order valence-corrected chi connectivity index (χ1v) is 25.5. The number of aldehydes is 1. The molecule has 1 aliphatic carbocycles. The topological polar surface area (TPSA) is 221 Å². The average molecular weight is 1050 g/mol. The van der Waals surface area contributed by atoms with Crippen LogP contribution in [0.2, 0.25) is 0 Å². The number of alkyl halides is 3. The summed E-state index contributed by atoms with van der Waals surface area (Å²) in [6.45, 7) is 12.1. The number of amides is 6. The normalized spacial score (nSPS) is 21.5. The van der Waals surface area contributed by atoms with E-state index >= 15 is 0 Å². The Morgan fingerprint density at radius 1 is 0.933 bits per heavy atom. The molecule has 2 aromatic carbocycles. The number of piperazine rings is 2. The van der Waals surface area contributed by atoms with Crippen molar-refractivity contribution in [3.05, 3.63) is 99.6 Å². The SMILES string of the molecule is CC1=CC=C(C(=O)Nc2ccc(C)c(NC(=O)c3cnc(N[C@@H]4N=C(C)N=C(N5CCN(CCC(=O)N6CCN(c7cccc(C=O)c7C(=O)N(C)C7CCC(=O)NC7=O)CC6)CC5)C4C)s3)c2)C=CC1C(F)(F)F. The zero-order valence-corrected chi connectivity index (χ0v) is 43.0. The third kappa shape index (κ3) is 12.5. The van der Waals surface area contributed by atoms with Gasteiger partial charge in [-0.1, -0.05) is 60.3 Å². The molecule has 8 rings (SSSR count). The van der Waals surface area contributed by atoms with Crippen molar-refractivity contribution in [3.63, 3.8) is 0 Å². The number of aliphatic imine (C=N–C) groups is 2. The minimum absolute atomic E-state index is 0.0263. The van der Waals surface area contributed by atoms with Crippen molar-refractivity contribution in [2.45, 2.75) is 65.3 Å². The fraction of sp³-hybridized carbons (Fsp3) is 0.423. The fourth-order valence-corrected chi connectivity index (χ4v) is 10.4. The molecule has 0 radical (unpaired) electrons. The van der Waals surface area contributed by atoms with E-state index in [4.69, 9.17) is 9.98 Å². The maximum Gasteiger partial charge on any atom is 0.398 e. The van der Waals surface area contributed by atoms with Crippen LogP contribution in [0.1, 0.15) is 76.0 Å². The number of halogens is 3. The lowest BCUT2D eigenvalue weighted by molar-refractivity contribution is -0.151. The number of rotatable bonds is 13. The number of amidine groups is 2. The van der Waals surface area contributed by atoms with Crippen molar-refractivity contribution in [1.29, 1.82) is 0 Å². The molecule has 3 fully saturated rings. The van der Waals surface area contributed by atoms with Gasteiger partial charge in [0.1, 0.15) is 28.8 Å². The van der Waals surface area contributed by atoms with E-state index in [9.17, 15) is 46.7 Å². The first kappa shape index (κ1) is 53.8. The van der Waals surface area contributed by atoms with Crippen LogP contribution in [-0.2, 0) is 19.2 Å². The molecule has 1 aromatic heterocycles. The number of nitrogens with zero attached hydrogens (tertiary/aromatic N) is 8. The largest absolute Gasteiger partial charge is 0.398 e. The number of carbonyl (C=O) groups is 7. The summed E-state index contributed by atoms with van der Waals surface area (Å²) in [6.07, 6.45) is 2.55. The van der Waals surface area contributed by atoms with Crippen LogP contribution in [-0.4, -0.2) is 162 Å². The highest BCUT2D eigenvalue weighted by molar-refractivity contribution is 7.17. The molecular weight excluding hydrogens is 994 g/mol. The number of piperidine rings is 1. The molecule has 19 nitrogen and oxygen atoms in total. The summed E-state index contributed by atoms with van der Waals surface area (Å²) in [6, 6.07) is 9.10. The van der Waals surface area contributed by atoms with Crippen LogP contribution in [0, 0.1) is 18.8 Å². The second kappa shape index (κ2) is 22.9. The lowest BCUT2D eigenvalue weighted by atomic mass is 10.00. The van der Waals surface area contributed by atoms with E-state index in [0.29, 0.717) is 97.0 Å². The Balaban J connectivity index is 0.791. The number of anilines is 4. The molecule has 3 unspecified atom stereocenters. The van der Waals surface area contributed by atoms with Crippen molar-refractivity contribution >= 4 is 86.9 Å². The van der Waals surface area contributed by atoms with Crippen LogP contribution in [0.15, 0.2) is 88.0 Å². The van der Waals surface area contributed by atoms with Crippen LogP contribution < -0.4 is 26.2 Å². The number of nitrogens with one attached hydrogen (secondary N) is 4. The summed E-state index contributed by atoms with van der Waals surface area (Å²) < 4.78 is 40.4. The zero-order chi connectivity index (χ0) is 53.7. The summed E-state index contributed by atoms with van der Waals surface area (Å²) >= 11 is 1.15. The molecule has 5 aliphatic rings. The van der Waals surface area contributed by atoms with Crippen molar-refractivity contribution < 1.29 is 46.7 Å². The number of imide groups is 1. The Kier molecular flexibility index (Phi) is 16.4. The number of aryl methyl sites for hydroxylation is 1. The van der Waals surface area contributed by atoms with Gasteiger partial charge in [0.15, 0.2) is 11.4 Å². The van der Waals surface area contributed by atoms with E-state index in [1.807, 2.05) is 23.6 Å². The number of aromatic nitrogens is 1. The highest BCUT2D eigenvalue weighted by Crippen LogP contribution is 2.35. The molecule has 4 atom stereocenters. The quantitative estimate of drug-likeness (QED) is 0.123. The summed E-state index contributed by atoms with van der Waals surface area (Å²) in [5.74, 6) is -2.93. The predicted octanol–water partition coefficient (Wildman–Crippen LogP) is 5.51. The third-order valence-electron chi connectivity index (χ3n) is 14.1. The number of allylic oxidation sites excluding steroid dienone is 4. The van der Waals surface area contributed by atoms with E-state index < -0.39 is 53.8 Å². The second-order valence-corrected chi connectivity index (χ2v) is 20.1. The maximum absolute atomic E-state index is 13.8. The number of hydrogen-bond donors (Lipinski definition) is 4. The van der Waals surface area contributed by atoms with E-state index in [2.05, 4.69) is 36.1 Å². The fourth-order valence-electron chi connectivity index (χ4n) is 9.64. The van der Waals surface area contributed by atoms with Gasteiger partial charge in [0.2, 0.25) is 17.7 Å². The van der Waals surface area contributed by atoms with Crippen molar-refractivity contribution in [2.75, 3.05) is 86.8 Å². The Labute approximate surface area is 435 Å². The lowest BCUT2D eigenvalue weighted by Gasteiger charge is -2.40. The van der Waals surface area contributed by atoms with E-state index in [0.717, 1.165) is 42.4 Å². The number of benzene rings is 2. The van der Waals surface area contributed by atoms with Gasteiger partial charge in [0.05, 0.1) is 29.3 Å². The van der Waals surface area contributed by atoms with Crippen molar-refractivity contribution in [3.8, 4) is 0 Å². The molecule has 4 N–H and O–H groups in total. The number of thiazole rings is 1. The van der Waals surface area contributed by atoms with Crippen LogP contribution in [0.4, 0.5) is 35.4 Å². The standard InChI is InChI=1S/C52H59F3N12O7S/c1-30-9-11-34(12-14-37(30)52(53,54)55)47(71)59-36-13-10-31(2)38(27-36)60-49(73)41-28-56-51(75-41)62-45-32(3)46(58-33(4)57-45)67-21-19-64(20-22-67)18-17-43(70)66-25-23-65(24-26-66)39-8-6-7-35(29-68)44(39)50(74)63(5)40-15-16-42(69)61-48(40)72/h6-14,27-29,32,37,40,45H,15-26H2,1-5H3,(H,56,62)(H,59,71)(H,60,73)(H,61,69,72)/t32?,37?,40?,45-/m0/s1. The second-order valence-electron chi connectivity index (χ2n) is 19.1. The molecule has 0 spiro atoms. The Hall–Kier alpha value is -7.53. The Morgan fingerprint density at radius 3 is 2.37 bits per heavy atom. The van der Waals surface area contributed by atoms with E-state index in [1.165, 1.54) is 37.2 Å². The highest BCUT2D eigenvalue weighted by Gasteiger charge is 2.40. The van der Waals surface area contributed by atoms with Crippen LogP contribution in [0.25, 0.3) is 0 Å². The van der Waals surface area contributed by atoms with Gasteiger partial charge in [0, 0.05) is 101 Å². The molecule has 6 amide bonds. The molecule has 75 heavy (non-hydrogen) atoms. The molecule has 5 heterocycles. The van der Waals surface area contributed by atoms with Gasteiger partial charge >= 0.3 is 6.18 Å². The molecule has 0 saturated carbocycles. The smallest absolute Gasteiger partial charge is 0.367 e. The molecule has 23 heteroatoms. The Morgan fingerprint density at radius 2 is 1.67 bits per heavy atom. The number of likely N-dealkylation sites (N-methyl/N-ethyl adjacent to an activating group) is 1. The minimum atomic E-state index is -4.48. The molecular formula is C52H59F3N12O7S. The minimum Gasteiger partial charge on any atom is -0.367 e. The van der Waals surface area contributed by atoms with Gasteiger partial charge in [-0.05, 0) is 57.0 Å². The zero-order valence-electron chi connectivity index (χ0n) is 42.2. The average Bonchev–Trinajstić information content (AvgIpc) is 3.76. The van der Waals surface area contributed by atoms with Crippen molar-refractivity contribution in [1.82, 2.24) is 29.9 Å². The van der Waals surface area contributed by atoms with Crippen LogP contribution in [0.3, 0.4) is 0 Å². The molecule has 396 valence electrons. The molecule has 3 saturated heterocycles. The first-order chi connectivity index (χ1) is 35.8. The van der Waals surface area contributed by atoms with E-state index in [1.54, 1.807) is 43.3 Å². The summed E-state index contributed by atoms with van der Waals surface area (Å²) in [5.41, 5.74) is 2.50. The first-order valence-electron chi connectivity index (χ1n) is 24.7. The van der Waals surface area contributed by atoms with Crippen molar-refractivity contribution in [2.24, 2.45) is 21.8 Å². The maximum atomic E-state index is 13.8. The Bertz CT molecular complexity index is 2920. The third-order valence-corrected chi connectivity index (χ3v) is 15.0. The summed E-state index contributed by atoms with van der Waals surface area (Å²) in [5, 5.41) is 11.7. The lowest BCUT2D eigenvalue weighted by Crippen LogP contribution is -2.54. The van der Waals surface area contributed by atoms with Gasteiger partial charge in [-0.3, -0.25) is 43.8 Å².